The molecular formula is C11H11NO. The lowest BCUT2D eigenvalue weighted by Gasteiger charge is -2.03. The molecule has 0 bridgehead atoms. The van der Waals surface area contributed by atoms with Gasteiger partial charge in [0, 0.05) is 0 Å². The molecule has 2 N–H and O–H groups in total. The van der Waals surface area contributed by atoms with Crippen LogP contribution in [0.3, 0.4) is 0 Å². The summed E-state index contributed by atoms with van der Waals surface area (Å²) in [7, 11) is 0. The molecule has 1 aliphatic rings. The van der Waals surface area contributed by atoms with Crippen LogP contribution in [-0.2, 0) is 0 Å². The fraction of sp³-hybridized carbons (Fsp3) is 0.0909. The monoisotopic (exact) mass is 173 g/mol. The third kappa shape index (κ3) is 1.63. The number of hydrogen-bond donors (Lipinski definition) is 2. The fourth-order valence-electron chi connectivity index (χ4n) is 1.42. The van der Waals surface area contributed by atoms with E-state index in [4.69, 9.17) is 5.21 Å². The highest BCUT2D eigenvalue weighted by Crippen LogP contribution is 2.23. The largest absolute Gasteiger partial charge is 0.291 e. The average molecular weight is 173 g/mol. The zero-order chi connectivity index (χ0) is 9.10. The molecule has 0 spiro atoms. The molecule has 66 valence electrons. The molecule has 1 aromatic rings. The molecule has 0 aliphatic heterocycles. The van der Waals surface area contributed by atoms with Gasteiger partial charge in [-0.3, -0.25) is 10.7 Å². The fourth-order valence-corrected chi connectivity index (χ4v) is 1.42. The summed E-state index contributed by atoms with van der Waals surface area (Å²) in [6.45, 7) is 0. The van der Waals surface area contributed by atoms with Gasteiger partial charge in [0.2, 0.25) is 0 Å². The Morgan fingerprint density at radius 2 is 1.92 bits per heavy atom. The lowest BCUT2D eigenvalue weighted by molar-refractivity contribution is 0.389. The van der Waals surface area contributed by atoms with Crippen LogP contribution in [0.2, 0.25) is 0 Å². The molecule has 2 rings (SSSR count). The maximum absolute atomic E-state index is 8.62. The van der Waals surface area contributed by atoms with Crippen LogP contribution in [0.4, 0.5) is 5.69 Å². The predicted molar refractivity (Wildman–Crippen MR) is 53.6 cm³/mol. The summed E-state index contributed by atoms with van der Waals surface area (Å²) in [4.78, 5) is 0. The Labute approximate surface area is 77.2 Å². The number of allylic oxidation sites excluding steroid dienone is 4. The van der Waals surface area contributed by atoms with Gasteiger partial charge in [-0.25, -0.2) is 0 Å². The minimum absolute atomic E-state index is 0.718. The smallest absolute Gasteiger partial charge is 0.0602 e. The van der Waals surface area contributed by atoms with Crippen molar-refractivity contribution in [1.82, 2.24) is 0 Å². The Kier molecular flexibility index (Phi) is 2.15. The lowest BCUT2D eigenvalue weighted by atomic mass is 10.1. The second-order valence-corrected chi connectivity index (χ2v) is 3.01. The normalized spacial score (nSPS) is 14.4. The zero-order valence-corrected chi connectivity index (χ0v) is 7.20. The molecule has 0 fully saturated rings. The highest BCUT2D eigenvalue weighted by atomic mass is 16.5. The second-order valence-electron chi connectivity index (χ2n) is 3.01. The topological polar surface area (TPSA) is 32.3 Å². The third-order valence-electron chi connectivity index (χ3n) is 2.16. The van der Waals surface area contributed by atoms with E-state index in [0.29, 0.717) is 0 Å². The third-order valence-corrected chi connectivity index (χ3v) is 2.16. The van der Waals surface area contributed by atoms with E-state index in [9.17, 15) is 0 Å². The van der Waals surface area contributed by atoms with Crippen molar-refractivity contribution >= 4 is 11.3 Å². The summed E-state index contributed by atoms with van der Waals surface area (Å²) in [6, 6.07) is 7.71. The van der Waals surface area contributed by atoms with Crippen LogP contribution in [-0.4, -0.2) is 5.21 Å². The van der Waals surface area contributed by atoms with E-state index < -0.39 is 0 Å². The predicted octanol–water partition coefficient (Wildman–Crippen LogP) is 2.83. The SMILES string of the molecule is ONc1ccc(C2=CC=CC2)cc1. The summed E-state index contributed by atoms with van der Waals surface area (Å²) in [6.07, 6.45) is 7.31. The van der Waals surface area contributed by atoms with Gasteiger partial charge in [-0.05, 0) is 29.7 Å². The molecule has 2 heteroatoms. The van der Waals surface area contributed by atoms with Crippen LogP contribution < -0.4 is 5.48 Å². The maximum atomic E-state index is 8.62. The van der Waals surface area contributed by atoms with Crippen molar-refractivity contribution in [3.8, 4) is 0 Å². The molecule has 0 radical (unpaired) electrons. The van der Waals surface area contributed by atoms with Crippen LogP contribution in [0.25, 0.3) is 5.57 Å². The van der Waals surface area contributed by atoms with Gasteiger partial charge in [-0.1, -0.05) is 30.4 Å². The molecule has 0 unspecified atom stereocenters. The molecule has 0 heterocycles. The van der Waals surface area contributed by atoms with Gasteiger partial charge in [0.1, 0.15) is 0 Å². The number of benzene rings is 1. The van der Waals surface area contributed by atoms with Crippen molar-refractivity contribution < 1.29 is 5.21 Å². The molecule has 1 aliphatic carbocycles. The zero-order valence-electron chi connectivity index (χ0n) is 7.20. The van der Waals surface area contributed by atoms with Gasteiger partial charge in [-0.15, -0.1) is 0 Å². The van der Waals surface area contributed by atoms with E-state index in [1.807, 2.05) is 24.3 Å². The van der Waals surface area contributed by atoms with Gasteiger partial charge >= 0.3 is 0 Å². The molecule has 0 atom stereocenters. The second kappa shape index (κ2) is 3.46. The van der Waals surface area contributed by atoms with Gasteiger partial charge in [0.15, 0.2) is 0 Å². The van der Waals surface area contributed by atoms with Gasteiger partial charge in [0.25, 0.3) is 0 Å². The Morgan fingerprint density at radius 3 is 2.46 bits per heavy atom. The van der Waals surface area contributed by atoms with E-state index >= 15 is 0 Å². The van der Waals surface area contributed by atoms with Crippen LogP contribution in [0.1, 0.15) is 12.0 Å². The van der Waals surface area contributed by atoms with Crippen LogP contribution in [0.5, 0.6) is 0 Å². The first-order valence-electron chi connectivity index (χ1n) is 4.26. The van der Waals surface area contributed by atoms with Gasteiger partial charge < -0.3 is 0 Å². The van der Waals surface area contributed by atoms with Crippen molar-refractivity contribution in [2.75, 3.05) is 5.48 Å². The number of anilines is 1. The Balaban J connectivity index is 2.23. The summed E-state index contributed by atoms with van der Waals surface area (Å²) in [5.41, 5.74) is 5.36. The van der Waals surface area contributed by atoms with E-state index in [2.05, 4.69) is 23.7 Å². The average Bonchev–Trinajstić information content (AvgIpc) is 2.71. The highest BCUT2D eigenvalue weighted by Gasteiger charge is 2.01. The lowest BCUT2D eigenvalue weighted by Crippen LogP contribution is -1.88. The van der Waals surface area contributed by atoms with E-state index in [1.54, 1.807) is 0 Å². The van der Waals surface area contributed by atoms with Gasteiger partial charge in [0.05, 0.1) is 5.69 Å². The summed E-state index contributed by atoms with van der Waals surface area (Å²) < 4.78 is 0. The number of rotatable bonds is 2. The molecule has 0 saturated heterocycles. The quantitative estimate of drug-likeness (QED) is 0.674. The van der Waals surface area contributed by atoms with Gasteiger partial charge in [-0.2, -0.15) is 0 Å². The van der Waals surface area contributed by atoms with Crippen molar-refractivity contribution in [3.63, 3.8) is 0 Å². The molecule has 2 nitrogen and oxygen atoms in total. The number of nitrogens with one attached hydrogen (secondary N) is 1. The standard InChI is InChI=1S/C11H11NO/c13-12-11-7-5-10(6-8-11)9-3-1-2-4-9/h1-3,5-8,12-13H,4H2. The maximum Gasteiger partial charge on any atom is 0.0602 e. The molecule has 0 aromatic heterocycles. The van der Waals surface area contributed by atoms with Crippen LogP contribution in [0, 0.1) is 0 Å². The first-order chi connectivity index (χ1) is 6.40. The van der Waals surface area contributed by atoms with Crippen LogP contribution >= 0.6 is 0 Å². The highest BCUT2D eigenvalue weighted by molar-refractivity contribution is 5.71. The molecule has 1 aromatic carbocycles. The number of hydrogen-bond acceptors (Lipinski definition) is 2. The van der Waals surface area contributed by atoms with Crippen LogP contribution in [0.15, 0.2) is 42.5 Å². The van der Waals surface area contributed by atoms with E-state index in [0.717, 1.165) is 12.1 Å². The minimum atomic E-state index is 0.718. The summed E-state index contributed by atoms with van der Waals surface area (Å²) in [5, 5.41) is 8.62. The molecule has 13 heavy (non-hydrogen) atoms. The summed E-state index contributed by atoms with van der Waals surface area (Å²) >= 11 is 0. The van der Waals surface area contributed by atoms with E-state index in [-0.39, 0.29) is 0 Å². The molecule has 0 saturated carbocycles. The van der Waals surface area contributed by atoms with Crippen molar-refractivity contribution in [3.05, 3.63) is 48.1 Å². The van der Waals surface area contributed by atoms with Crippen molar-refractivity contribution in [2.24, 2.45) is 0 Å². The van der Waals surface area contributed by atoms with Crippen molar-refractivity contribution in [1.29, 1.82) is 0 Å². The van der Waals surface area contributed by atoms with Crippen molar-refractivity contribution in [2.45, 2.75) is 6.42 Å². The Morgan fingerprint density at radius 1 is 1.15 bits per heavy atom. The minimum Gasteiger partial charge on any atom is -0.291 e. The Bertz CT molecular complexity index is 349. The molecular weight excluding hydrogens is 162 g/mol. The molecule has 0 amide bonds. The Hall–Kier alpha value is -1.54. The summed E-state index contributed by atoms with van der Waals surface area (Å²) in [5.74, 6) is 0. The first kappa shape index (κ1) is 8.08. The van der Waals surface area contributed by atoms with E-state index in [1.165, 1.54) is 11.1 Å². The first-order valence-corrected chi connectivity index (χ1v) is 4.26.